The maximum atomic E-state index is 13.9. The summed E-state index contributed by atoms with van der Waals surface area (Å²) in [5, 5.41) is 5.07. The van der Waals surface area contributed by atoms with Crippen LogP contribution in [0, 0.1) is 0 Å². The fraction of sp³-hybridized carbons (Fsp3) is 0.379. The summed E-state index contributed by atoms with van der Waals surface area (Å²) in [5.41, 5.74) is 3.53. The molecule has 4 rings (SSSR count). The van der Waals surface area contributed by atoms with Crippen molar-refractivity contribution in [1.29, 1.82) is 0 Å². The zero-order chi connectivity index (χ0) is 25.3. The Hall–Kier alpha value is -3.58. The van der Waals surface area contributed by atoms with Crippen molar-refractivity contribution in [2.75, 3.05) is 26.8 Å². The van der Waals surface area contributed by atoms with Gasteiger partial charge in [0, 0.05) is 55.1 Å². The molecule has 0 bridgehead atoms. The second-order valence-corrected chi connectivity index (χ2v) is 9.23. The maximum Gasteiger partial charge on any atom is 0.251 e. The first kappa shape index (κ1) is 25.5. The molecule has 2 heterocycles. The Morgan fingerprint density at radius 3 is 2.53 bits per heavy atom. The van der Waals surface area contributed by atoms with Gasteiger partial charge in [-0.15, -0.1) is 0 Å². The second kappa shape index (κ2) is 12.4. The fourth-order valence-corrected chi connectivity index (χ4v) is 4.65. The van der Waals surface area contributed by atoms with Gasteiger partial charge in [-0.25, -0.2) is 0 Å². The van der Waals surface area contributed by atoms with Gasteiger partial charge in [0.1, 0.15) is 6.04 Å². The van der Waals surface area contributed by atoms with Crippen molar-refractivity contribution in [3.8, 4) is 0 Å². The normalized spacial score (nSPS) is 12.2. The number of benzene rings is 2. The van der Waals surface area contributed by atoms with Crippen LogP contribution in [0.25, 0.3) is 21.8 Å². The lowest BCUT2D eigenvalue weighted by atomic mass is 10.1. The quantitative estimate of drug-likeness (QED) is 0.229. The first-order valence-corrected chi connectivity index (χ1v) is 12.8. The molecular formula is C29H36N4O3. The average Bonchev–Trinajstić information content (AvgIpc) is 3.50. The summed E-state index contributed by atoms with van der Waals surface area (Å²) in [4.78, 5) is 35.6. The number of para-hydroxylation sites is 2. The van der Waals surface area contributed by atoms with E-state index in [4.69, 9.17) is 4.74 Å². The van der Waals surface area contributed by atoms with Crippen LogP contribution in [0.15, 0.2) is 60.8 Å². The largest absolute Gasteiger partial charge is 0.385 e. The standard InChI is InChI=1S/C29H36N4O3/c1-3-4-9-15-33(16-10-17-36-2)29(35)28(26-18-21-11-5-7-13-24(21)31-26)32-27(34)19-22-20-30-25-14-8-6-12-23(22)25/h5-8,11-14,18,20,28,30-31H,3-4,9-10,15-17,19H2,1-2H3,(H,32,34)/t28-/m0/s1. The summed E-state index contributed by atoms with van der Waals surface area (Å²) in [5.74, 6) is -0.289. The molecule has 0 aliphatic heterocycles. The summed E-state index contributed by atoms with van der Waals surface area (Å²) in [6, 6.07) is 17.0. The molecule has 0 aliphatic rings. The molecule has 1 atom stereocenters. The van der Waals surface area contributed by atoms with Crippen LogP contribution in [0.4, 0.5) is 0 Å². The molecule has 7 heteroatoms. The highest BCUT2D eigenvalue weighted by molar-refractivity contribution is 5.93. The molecule has 4 aromatic rings. The molecule has 2 aromatic heterocycles. The zero-order valence-corrected chi connectivity index (χ0v) is 21.2. The molecule has 0 saturated heterocycles. The number of ether oxygens (including phenoxy) is 1. The number of carbonyl (C=O) groups excluding carboxylic acids is 2. The molecule has 36 heavy (non-hydrogen) atoms. The Morgan fingerprint density at radius 2 is 1.75 bits per heavy atom. The van der Waals surface area contributed by atoms with Gasteiger partial charge in [-0.2, -0.15) is 0 Å². The van der Waals surface area contributed by atoms with E-state index in [0.29, 0.717) is 25.4 Å². The van der Waals surface area contributed by atoms with E-state index in [-0.39, 0.29) is 18.2 Å². The van der Waals surface area contributed by atoms with E-state index in [1.165, 1.54) is 0 Å². The highest BCUT2D eigenvalue weighted by Gasteiger charge is 2.29. The van der Waals surface area contributed by atoms with Crippen molar-refractivity contribution in [1.82, 2.24) is 20.2 Å². The summed E-state index contributed by atoms with van der Waals surface area (Å²) in [6.07, 6.45) is 5.86. The lowest BCUT2D eigenvalue weighted by Gasteiger charge is -2.28. The average molecular weight is 489 g/mol. The number of carbonyl (C=O) groups is 2. The monoisotopic (exact) mass is 488 g/mol. The highest BCUT2D eigenvalue weighted by atomic mass is 16.5. The van der Waals surface area contributed by atoms with Crippen LogP contribution in [-0.2, 0) is 20.7 Å². The van der Waals surface area contributed by atoms with Gasteiger partial charge in [-0.3, -0.25) is 9.59 Å². The lowest BCUT2D eigenvalue weighted by Crippen LogP contribution is -2.44. The number of hydrogen-bond donors (Lipinski definition) is 3. The number of nitrogens with one attached hydrogen (secondary N) is 3. The Morgan fingerprint density at radius 1 is 1.00 bits per heavy atom. The Labute approximate surface area is 212 Å². The number of aromatic amines is 2. The number of aromatic nitrogens is 2. The third-order valence-electron chi connectivity index (χ3n) is 6.56. The molecular weight excluding hydrogens is 452 g/mol. The first-order valence-electron chi connectivity index (χ1n) is 12.8. The Balaban J connectivity index is 1.59. The SMILES string of the molecule is CCCCCN(CCCOC)C(=O)[C@@H](NC(=O)Cc1c[nH]c2ccccc12)c1cc2ccccc2[nH]1. The van der Waals surface area contributed by atoms with Gasteiger partial charge in [0.15, 0.2) is 0 Å². The third-order valence-corrected chi connectivity index (χ3v) is 6.56. The van der Waals surface area contributed by atoms with Gasteiger partial charge < -0.3 is 24.9 Å². The molecule has 190 valence electrons. The van der Waals surface area contributed by atoms with Crippen LogP contribution in [-0.4, -0.2) is 53.5 Å². The van der Waals surface area contributed by atoms with Crippen molar-refractivity contribution in [2.24, 2.45) is 0 Å². The smallest absolute Gasteiger partial charge is 0.251 e. The molecule has 0 radical (unpaired) electrons. The summed E-state index contributed by atoms with van der Waals surface area (Å²) >= 11 is 0. The third kappa shape index (κ3) is 6.15. The number of unbranched alkanes of at least 4 members (excludes halogenated alkanes) is 2. The van der Waals surface area contributed by atoms with E-state index in [0.717, 1.165) is 53.1 Å². The number of nitrogens with zero attached hydrogens (tertiary/aromatic N) is 1. The Bertz CT molecular complexity index is 1250. The van der Waals surface area contributed by atoms with E-state index in [1.54, 1.807) is 7.11 Å². The zero-order valence-electron chi connectivity index (χ0n) is 21.2. The van der Waals surface area contributed by atoms with Gasteiger partial charge in [0.05, 0.1) is 6.42 Å². The van der Waals surface area contributed by atoms with E-state index in [9.17, 15) is 9.59 Å². The summed E-state index contributed by atoms with van der Waals surface area (Å²) < 4.78 is 5.22. The van der Waals surface area contributed by atoms with Crippen molar-refractivity contribution in [2.45, 2.75) is 45.1 Å². The molecule has 0 fully saturated rings. The minimum absolute atomic E-state index is 0.0963. The van der Waals surface area contributed by atoms with Gasteiger partial charge in [-0.1, -0.05) is 56.2 Å². The van der Waals surface area contributed by atoms with E-state index >= 15 is 0 Å². The van der Waals surface area contributed by atoms with Crippen LogP contribution in [0.5, 0.6) is 0 Å². The molecule has 0 unspecified atom stereocenters. The minimum atomic E-state index is -0.792. The summed E-state index contributed by atoms with van der Waals surface area (Å²) in [6.45, 7) is 3.98. The van der Waals surface area contributed by atoms with Gasteiger partial charge in [-0.05, 0) is 42.0 Å². The number of hydrogen-bond acceptors (Lipinski definition) is 3. The molecule has 2 aromatic carbocycles. The van der Waals surface area contributed by atoms with Gasteiger partial charge in [0.25, 0.3) is 5.91 Å². The van der Waals surface area contributed by atoms with Crippen LogP contribution < -0.4 is 5.32 Å². The minimum Gasteiger partial charge on any atom is -0.385 e. The summed E-state index contributed by atoms with van der Waals surface area (Å²) in [7, 11) is 1.67. The van der Waals surface area contributed by atoms with Crippen LogP contribution in [0.2, 0.25) is 0 Å². The first-order chi connectivity index (χ1) is 17.6. The molecule has 3 N–H and O–H groups in total. The highest BCUT2D eigenvalue weighted by Crippen LogP contribution is 2.23. The number of rotatable bonds is 13. The van der Waals surface area contributed by atoms with Crippen molar-refractivity contribution >= 4 is 33.6 Å². The van der Waals surface area contributed by atoms with E-state index in [2.05, 4.69) is 22.2 Å². The molecule has 0 saturated carbocycles. The lowest BCUT2D eigenvalue weighted by molar-refractivity contribution is -0.137. The van der Waals surface area contributed by atoms with Crippen LogP contribution in [0.3, 0.4) is 0 Å². The number of fused-ring (bicyclic) bond motifs is 2. The van der Waals surface area contributed by atoms with Crippen molar-refractivity contribution < 1.29 is 14.3 Å². The number of H-pyrrole nitrogens is 2. The van der Waals surface area contributed by atoms with E-state index < -0.39 is 6.04 Å². The molecule has 0 aliphatic carbocycles. The predicted octanol–water partition coefficient (Wildman–Crippen LogP) is 5.10. The van der Waals surface area contributed by atoms with Crippen LogP contribution >= 0.6 is 0 Å². The Kier molecular flexibility index (Phi) is 8.79. The number of amides is 2. The maximum absolute atomic E-state index is 13.9. The van der Waals surface area contributed by atoms with Gasteiger partial charge >= 0.3 is 0 Å². The molecule has 0 spiro atoms. The molecule has 2 amide bonds. The predicted molar refractivity (Wildman–Crippen MR) is 144 cm³/mol. The van der Waals surface area contributed by atoms with Gasteiger partial charge in [0.2, 0.25) is 5.91 Å². The topological polar surface area (TPSA) is 90.2 Å². The van der Waals surface area contributed by atoms with E-state index in [1.807, 2.05) is 65.7 Å². The van der Waals surface area contributed by atoms with Crippen molar-refractivity contribution in [3.63, 3.8) is 0 Å². The second-order valence-electron chi connectivity index (χ2n) is 9.23. The molecule has 7 nitrogen and oxygen atoms in total. The van der Waals surface area contributed by atoms with Crippen molar-refractivity contribution in [3.05, 3.63) is 72.1 Å². The van der Waals surface area contributed by atoms with Crippen LogP contribution in [0.1, 0.15) is 49.9 Å². The fourth-order valence-electron chi connectivity index (χ4n) is 4.65. The number of methoxy groups -OCH3 is 1.